The summed E-state index contributed by atoms with van der Waals surface area (Å²) in [5, 5.41) is 3.35. The molecule has 0 unspecified atom stereocenters. The van der Waals surface area contributed by atoms with Crippen LogP contribution in [0.5, 0.6) is 11.8 Å². The van der Waals surface area contributed by atoms with Crippen molar-refractivity contribution in [1.82, 2.24) is 19.5 Å². The summed E-state index contributed by atoms with van der Waals surface area (Å²) >= 11 is 0. The number of rotatable bonds is 7. The van der Waals surface area contributed by atoms with Crippen molar-refractivity contribution in [3.05, 3.63) is 71.5 Å². The van der Waals surface area contributed by atoms with Crippen LogP contribution in [0, 0.1) is 5.92 Å². The first-order chi connectivity index (χ1) is 16.3. The molecule has 1 fully saturated rings. The van der Waals surface area contributed by atoms with Crippen molar-refractivity contribution in [3.63, 3.8) is 0 Å². The van der Waals surface area contributed by atoms with Gasteiger partial charge in [-0.3, -0.25) is 0 Å². The van der Waals surface area contributed by atoms with E-state index in [1.54, 1.807) is 12.1 Å². The maximum atomic E-state index is 12.6. The summed E-state index contributed by atoms with van der Waals surface area (Å²) in [4.78, 5) is 11.9. The molecule has 34 heavy (non-hydrogen) atoms. The van der Waals surface area contributed by atoms with Crippen LogP contribution in [0.1, 0.15) is 16.7 Å². The van der Waals surface area contributed by atoms with Crippen LogP contribution < -0.4 is 10.1 Å². The number of nitrogens with zero attached hydrogens (tertiary/aromatic N) is 4. The van der Waals surface area contributed by atoms with Crippen LogP contribution in [0.2, 0.25) is 0 Å². The van der Waals surface area contributed by atoms with Gasteiger partial charge in [0.2, 0.25) is 5.95 Å². The monoisotopic (exact) mass is 469 g/mol. The second-order valence-corrected chi connectivity index (χ2v) is 8.28. The minimum Gasteiger partial charge on any atom is -0.424 e. The summed E-state index contributed by atoms with van der Waals surface area (Å²) < 4.78 is 50.6. The van der Waals surface area contributed by atoms with Crippen LogP contribution in [0.15, 0.2) is 54.9 Å². The molecular weight excluding hydrogens is 447 g/mol. The number of anilines is 1. The van der Waals surface area contributed by atoms with Gasteiger partial charge in [0, 0.05) is 31.9 Å². The lowest BCUT2D eigenvalue weighted by atomic mass is 9.98. The number of hydrogen-bond acceptors (Lipinski definition) is 6. The minimum atomic E-state index is -4.49. The molecule has 0 radical (unpaired) electrons. The van der Waals surface area contributed by atoms with E-state index in [1.165, 1.54) is 5.56 Å². The van der Waals surface area contributed by atoms with Gasteiger partial charge in [-0.25, -0.2) is 15.0 Å². The number of ether oxygens (including phenoxy) is 2. The molecule has 1 aliphatic rings. The normalized spacial score (nSPS) is 14.2. The maximum absolute atomic E-state index is 12.6. The Labute approximate surface area is 193 Å². The third kappa shape index (κ3) is 4.81. The Morgan fingerprint density at radius 1 is 1.06 bits per heavy atom. The predicted molar refractivity (Wildman–Crippen MR) is 120 cm³/mol. The predicted octanol–water partition coefficient (Wildman–Crippen LogP) is 4.98. The smallest absolute Gasteiger partial charge is 0.419 e. The number of fused-ring (bicyclic) bond motifs is 1. The molecule has 3 heterocycles. The van der Waals surface area contributed by atoms with Crippen LogP contribution in [-0.4, -0.2) is 32.7 Å². The van der Waals surface area contributed by atoms with Crippen molar-refractivity contribution in [2.24, 2.45) is 13.0 Å². The number of aromatic nitrogens is 4. The average molecular weight is 469 g/mol. The van der Waals surface area contributed by atoms with Gasteiger partial charge in [-0.05, 0) is 41.8 Å². The highest BCUT2D eigenvalue weighted by Gasteiger charge is 2.31. The van der Waals surface area contributed by atoms with Crippen molar-refractivity contribution in [2.75, 3.05) is 18.5 Å². The van der Waals surface area contributed by atoms with E-state index >= 15 is 0 Å². The van der Waals surface area contributed by atoms with E-state index in [0.717, 1.165) is 42.2 Å². The van der Waals surface area contributed by atoms with Gasteiger partial charge in [0.1, 0.15) is 5.75 Å². The average Bonchev–Trinajstić information content (AvgIpc) is 3.11. The Balaban J connectivity index is 1.21. The Morgan fingerprint density at radius 2 is 1.76 bits per heavy atom. The topological polar surface area (TPSA) is 74.1 Å². The third-order valence-corrected chi connectivity index (χ3v) is 5.72. The number of alkyl halides is 3. The molecule has 0 amide bonds. The Kier molecular flexibility index (Phi) is 5.82. The number of benzene rings is 2. The summed E-state index contributed by atoms with van der Waals surface area (Å²) in [7, 11) is 1.98. The van der Waals surface area contributed by atoms with Crippen LogP contribution >= 0.6 is 0 Å². The highest BCUT2D eigenvalue weighted by molar-refractivity contribution is 5.79. The molecule has 176 valence electrons. The van der Waals surface area contributed by atoms with Crippen molar-refractivity contribution in [3.8, 4) is 11.8 Å². The second-order valence-electron chi connectivity index (χ2n) is 8.28. The van der Waals surface area contributed by atoms with Gasteiger partial charge in [-0.2, -0.15) is 13.2 Å². The van der Waals surface area contributed by atoms with Crippen molar-refractivity contribution in [1.29, 1.82) is 0 Å². The van der Waals surface area contributed by atoms with Gasteiger partial charge in [-0.1, -0.05) is 18.2 Å². The van der Waals surface area contributed by atoms with Crippen molar-refractivity contribution in [2.45, 2.75) is 19.1 Å². The molecule has 7 nitrogen and oxygen atoms in total. The Bertz CT molecular complexity index is 1280. The van der Waals surface area contributed by atoms with E-state index in [2.05, 4.69) is 32.4 Å². The molecular formula is C24H22F3N5O2. The number of nitrogens with one attached hydrogen (secondary N) is 1. The summed E-state index contributed by atoms with van der Waals surface area (Å²) in [6.07, 6.45) is -2.08. The molecule has 5 rings (SSSR count). The first-order valence-electron chi connectivity index (χ1n) is 10.8. The van der Waals surface area contributed by atoms with E-state index in [1.807, 2.05) is 29.8 Å². The van der Waals surface area contributed by atoms with Crippen LogP contribution in [0.4, 0.5) is 19.1 Å². The lowest BCUT2D eigenvalue weighted by Gasteiger charge is -2.25. The summed E-state index contributed by atoms with van der Waals surface area (Å²) in [5.74, 6) is 1.79. The van der Waals surface area contributed by atoms with Gasteiger partial charge in [0.25, 0.3) is 0 Å². The summed E-state index contributed by atoms with van der Waals surface area (Å²) in [6, 6.07) is 13.3. The molecule has 1 N–H and O–H groups in total. The van der Waals surface area contributed by atoms with Gasteiger partial charge >= 0.3 is 12.2 Å². The number of aryl methyl sites for hydroxylation is 1. The molecule has 4 aromatic rings. The number of imidazole rings is 1. The lowest BCUT2D eigenvalue weighted by Crippen LogP contribution is -2.29. The fourth-order valence-electron chi connectivity index (χ4n) is 3.73. The molecule has 0 aliphatic carbocycles. The standard InChI is InChI=1S/C24H22F3N5O2/c1-32-21-9-16(8-17-13-33-14-17)4-7-20(21)31-22(32)28-10-15-2-5-19(6-3-15)34-23-29-11-18(12-30-23)24(25,26)27/h2-7,9,11-12,17H,8,10,13-14H2,1H3,(H,28,31). The van der Waals surface area contributed by atoms with Gasteiger partial charge in [0.05, 0.1) is 29.8 Å². The van der Waals surface area contributed by atoms with E-state index in [-0.39, 0.29) is 6.01 Å². The second kappa shape index (κ2) is 8.94. The van der Waals surface area contributed by atoms with E-state index in [9.17, 15) is 13.2 Å². The largest absolute Gasteiger partial charge is 0.424 e. The van der Waals surface area contributed by atoms with Crippen molar-refractivity contribution >= 4 is 17.0 Å². The fourth-order valence-corrected chi connectivity index (χ4v) is 3.73. The van der Waals surface area contributed by atoms with E-state index in [4.69, 9.17) is 9.47 Å². The van der Waals surface area contributed by atoms with Crippen LogP contribution in [-0.2, 0) is 30.9 Å². The molecule has 10 heteroatoms. The Morgan fingerprint density at radius 3 is 2.41 bits per heavy atom. The zero-order valence-electron chi connectivity index (χ0n) is 18.3. The molecule has 0 saturated carbocycles. The minimum absolute atomic E-state index is 0.150. The van der Waals surface area contributed by atoms with E-state index in [0.29, 0.717) is 30.6 Å². The number of halogens is 3. The molecule has 2 aromatic carbocycles. The van der Waals surface area contributed by atoms with Gasteiger partial charge in [-0.15, -0.1) is 0 Å². The summed E-state index contributed by atoms with van der Waals surface area (Å²) in [5.41, 5.74) is 3.34. The quantitative estimate of drug-likeness (QED) is 0.412. The highest BCUT2D eigenvalue weighted by Crippen LogP contribution is 2.29. The van der Waals surface area contributed by atoms with Crippen molar-refractivity contribution < 1.29 is 22.6 Å². The molecule has 2 aromatic heterocycles. The maximum Gasteiger partial charge on any atom is 0.419 e. The molecule has 0 atom stereocenters. The van der Waals surface area contributed by atoms with Gasteiger partial charge in [0.15, 0.2) is 0 Å². The van der Waals surface area contributed by atoms with Gasteiger partial charge < -0.3 is 19.4 Å². The molecule has 0 bridgehead atoms. The number of hydrogen-bond donors (Lipinski definition) is 1. The zero-order chi connectivity index (χ0) is 23.7. The highest BCUT2D eigenvalue weighted by atomic mass is 19.4. The summed E-state index contributed by atoms with van der Waals surface area (Å²) in [6.45, 7) is 2.20. The molecule has 1 aliphatic heterocycles. The molecule has 0 spiro atoms. The first-order valence-corrected chi connectivity index (χ1v) is 10.8. The molecule has 1 saturated heterocycles. The first kappa shape index (κ1) is 22.1. The zero-order valence-corrected chi connectivity index (χ0v) is 18.3. The van der Waals surface area contributed by atoms with Crippen LogP contribution in [0.3, 0.4) is 0 Å². The van der Waals surface area contributed by atoms with Crippen LogP contribution in [0.25, 0.3) is 11.0 Å². The Hall–Kier alpha value is -3.66. The lowest BCUT2D eigenvalue weighted by molar-refractivity contribution is -0.138. The van der Waals surface area contributed by atoms with E-state index < -0.39 is 11.7 Å². The SMILES string of the molecule is Cn1c(NCc2ccc(Oc3ncc(C(F)(F)F)cn3)cc2)nc2ccc(CC3COC3)cc21. The third-order valence-electron chi connectivity index (χ3n) is 5.72. The fraction of sp³-hybridized carbons (Fsp3) is 0.292.